The number of rotatable bonds is 7. The third-order valence-electron chi connectivity index (χ3n) is 2.09. The minimum Gasteiger partial charge on any atom is -0.463 e. The molecule has 0 saturated carbocycles. The van der Waals surface area contributed by atoms with E-state index >= 15 is 0 Å². The van der Waals surface area contributed by atoms with Crippen LogP contribution in [0.2, 0.25) is 0 Å². The molecule has 0 spiro atoms. The highest BCUT2D eigenvalue weighted by atomic mass is 16.6. The fraction of sp³-hybridized carbons (Fsp3) is 0.600. The van der Waals surface area contributed by atoms with Gasteiger partial charge in [-0.1, -0.05) is 20.8 Å². The summed E-state index contributed by atoms with van der Waals surface area (Å²) in [4.78, 5) is 44.9. The zero-order valence-electron chi connectivity index (χ0n) is 13.3. The van der Waals surface area contributed by atoms with Crippen molar-refractivity contribution in [1.29, 1.82) is 0 Å². The lowest BCUT2D eigenvalue weighted by Crippen LogP contribution is -2.20. The van der Waals surface area contributed by atoms with Gasteiger partial charge in [0.25, 0.3) is 0 Å². The highest BCUT2D eigenvalue weighted by Crippen LogP contribution is 2.18. The Hall–Kier alpha value is -2.18. The summed E-state index contributed by atoms with van der Waals surface area (Å²) < 4.78 is 13.8. The van der Waals surface area contributed by atoms with Crippen LogP contribution in [0.1, 0.15) is 40.5 Å². The largest absolute Gasteiger partial charge is 0.463 e. The maximum atomic E-state index is 11.4. The van der Waals surface area contributed by atoms with E-state index in [1.807, 2.05) is 20.8 Å². The lowest BCUT2D eigenvalue weighted by Gasteiger charge is -2.15. The lowest BCUT2D eigenvalue weighted by molar-refractivity contribution is -0.161. The highest BCUT2D eigenvalue weighted by molar-refractivity contribution is 5.91. The van der Waals surface area contributed by atoms with Crippen molar-refractivity contribution in [3.8, 4) is 0 Å². The van der Waals surface area contributed by atoms with E-state index in [4.69, 9.17) is 0 Å². The Labute approximate surface area is 129 Å². The molecule has 0 heterocycles. The molecular weight excluding hydrogens is 292 g/mol. The van der Waals surface area contributed by atoms with Crippen molar-refractivity contribution in [2.75, 3.05) is 13.2 Å². The van der Waals surface area contributed by atoms with Crippen molar-refractivity contribution in [3.63, 3.8) is 0 Å². The van der Waals surface area contributed by atoms with Gasteiger partial charge >= 0.3 is 23.9 Å². The average molecular weight is 314 g/mol. The Balaban J connectivity index is 3.95. The zero-order chi connectivity index (χ0) is 17.2. The first-order chi connectivity index (χ1) is 10.1. The Morgan fingerprint density at radius 1 is 0.909 bits per heavy atom. The molecule has 7 heteroatoms. The van der Waals surface area contributed by atoms with Gasteiger partial charge in [-0.3, -0.25) is 9.59 Å². The molecule has 0 atom stereocenters. The second kappa shape index (κ2) is 9.70. The zero-order valence-corrected chi connectivity index (χ0v) is 13.3. The summed E-state index contributed by atoms with van der Waals surface area (Å²) in [7, 11) is 0. The van der Waals surface area contributed by atoms with E-state index in [0.29, 0.717) is 0 Å². The van der Waals surface area contributed by atoms with E-state index in [-0.39, 0.29) is 31.5 Å². The van der Waals surface area contributed by atoms with E-state index in [1.54, 1.807) is 6.92 Å². The van der Waals surface area contributed by atoms with Crippen molar-refractivity contribution in [3.05, 3.63) is 12.2 Å². The van der Waals surface area contributed by atoms with Gasteiger partial charge < -0.3 is 14.2 Å². The van der Waals surface area contributed by atoms with Gasteiger partial charge in [-0.15, -0.1) is 0 Å². The van der Waals surface area contributed by atoms with Gasteiger partial charge in [0.2, 0.25) is 0 Å². The number of esters is 4. The predicted octanol–water partition coefficient (Wildman–Crippen LogP) is 1.54. The summed E-state index contributed by atoms with van der Waals surface area (Å²) in [5, 5.41) is 0. The number of hydrogen-bond donors (Lipinski definition) is 0. The van der Waals surface area contributed by atoms with Gasteiger partial charge in [0.05, 0.1) is 19.4 Å². The second-order valence-corrected chi connectivity index (χ2v) is 5.59. The first kappa shape index (κ1) is 19.8. The average Bonchev–Trinajstić information content (AvgIpc) is 2.34. The predicted molar refractivity (Wildman–Crippen MR) is 76.5 cm³/mol. The van der Waals surface area contributed by atoms with Crippen LogP contribution in [0.4, 0.5) is 0 Å². The van der Waals surface area contributed by atoms with Crippen LogP contribution in [0, 0.1) is 5.41 Å². The molecule has 0 aromatic rings. The number of carbonyl (C=O) groups excluding carboxylic acids is 4. The Bertz CT molecular complexity index is 443. The molecule has 0 aromatic carbocycles. The molecule has 0 bridgehead atoms. The fourth-order valence-corrected chi connectivity index (χ4v) is 1.26. The van der Waals surface area contributed by atoms with Crippen LogP contribution >= 0.6 is 0 Å². The Morgan fingerprint density at radius 3 is 1.95 bits per heavy atom. The molecule has 0 aliphatic carbocycles. The van der Waals surface area contributed by atoms with Crippen LogP contribution in [0.3, 0.4) is 0 Å². The molecule has 0 saturated heterocycles. The molecule has 124 valence electrons. The summed E-state index contributed by atoms with van der Waals surface area (Å²) in [6.07, 6.45) is 1.70. The number of hydrogen-bond acceptors (Lipinski definition) is 7. The Kier molecular flexibility index (Phi) is 8.74. The standard InChI is InChI=1S/C15H22O7/c1-5-20-11(16)6-7-12(17)21-9-8-13(18)22-14(19)10-15(2,3)4/h6-7H,5,8-10H2,1-4H3/b7-6+. The summed E-state index contributed by atoms with van der Waals surface area (Å²) in [6.45, 7) is 7.13. The second-order valence-electron chi connectivity index (χ2n) is 5.59. The molecule has 0 N–H and O–H groups in total. The SMILES string of the molecule is CCOC(=O)/C=C/C(=O)OCCC(=O)OC(=O)CC(C)(C)C. The van der Waals surface area contributed by atoms with Crippen LogP contribution in [0.25, 0.3) is 0 Å². The molecule has 0 aromatic heterocycles. The van der Waals surface area contributed by atoms with Crippen molar-refractivity contribution in [2.24, 2.45) is 5.41 Å². The van der Waals surface area contributed by atoms with E-state index in [0.717, 1.165) is 12.2 Å². The van der Waals surface area contributed by atoms with E-state index in [1.165, 1.54) is 0 Å². The minimum atomic E-state index is -0.790. The fourth-order valence-electron chi connectivity index (χ4n) is 1.26. The van der Waals surface area contributed by atoms with Crippen molar-refractivity contribution in [2.45, 2.75) is 40.5 Å². The molecule has 0 aliphatic rings. The smallest absolute Gasteiger partial charge is 0.331 e. The summed E-state index contributed by atoms with van der Waals surface area (Å²) in [5.74, 6) is -2.84. The van der Waals surface area contributed by atoms with Crippen LogP contribution in [-0.2, 0) is 33.4 Å². The maximum Gasteiger partial charge on any atom is 0.331 e. The van der Waals surface area contributed by atoms with Gasteiger partial charge in [0.1, 0.15) is 6.61 Å². The molecule has 0 rings (SSSR count). The third-order valence-corrected chi connectivity index (χ3v) is 2.09. The molecule has 22 heavy (non-hydrogen) atoms. The van der Waals surface area contributed by atoms with Gasteiger partial charge in [-0.2, -0.15) is 0 Å². The van der Waals surface area contributed by atoms with Gasteiger partial charge in [-0.05, 0) is 12.3 Å². The molecular formula is C15H22O7. The van der Waals surface area contributed by atoms with Gasteiger partial charge in [0, 0.05) is 12.2 Å². The number of ether oxygens (including phenoxy) is 3. The quantitative estimate of drug-likeness (QED) is 0.304. The summed E-state index contributed by atoms with van der Waals surface area (Å²) in [5.41, 5.74) is -0.276. The van der Waals surface area contributed by atoms with Crippen LogP contribution in [-0.4, -0.2) is 37.1 Å². The lowest BCUT2D eigenvalue weighted by atomic mass is 9.92. The third kappa shape index (κ3) is 11.6. The topological polar surface area (TPSA) is 96.0 Å². The van der Waals surface area contributed by atoms with E-state index in [2.05, 4.69) is 14.2 Å². The molecule has 0 fully saturated rings. The van der Waals surface area contributed by atoms with Crippen molar-refractivity contribution >= 4 is 23.9 Å². The molecule has 0 radical (unpaired) electrons. The van der Waals surface area contributed by atoms with Crippen molar-refractivity contribution < 1.29 is 33.4 Å². The van der Waals surface area contributed by atoms with E-state index in [9.17, 15) is 19.2 Å². The van der Waals surface area contributed by atoms with Crippen LogP contribution in [0.5, 0.6) is 0 Å². The first-order valence-electron chi connectivity index (χ1n) is 6.89. The van der Waals surface area contributed by atoms with Crippen LogP contribution in [0.15, 0.2) is 12.2 Å². The molecule has 0 unspecified atom stereocenters. The monoisotopic (exact) mass is 314 g/mol. The maximum absolute atomic E-state index is 11.4. The first-order valence-corrected chi connectivity index (χ1v) is 6.89. The molecule has 0 amide bonds. The van der Waals surface area contributed by atoms with Gasteiger partial charge in [-0.25, -0.2) is 9.59 Å². The summed E-state index contributed by atoms with van der Waals surface area (Å²) >= 11 is 0. The molecule has 7 nitrogen and oxygen atoms in total. The normalized spacial score (nSPS) is 11.1. The van der Waals surface area contributed by atoms with Crippen molar-refractivity contribution in [1.82, 2.24) is 0 Å². The van der Waals surface area contributed by atoms with Crippen LogP contribution < -0.4 is 0 Å². The highest BCUT2D eigenvalue weighted by Gasteiger charge is 2.19. The van der Waals surface area contributed by atoms with Gasteiger partial charge in [0.15, 0.2) is 0 Å². The Morgan fingerprint density at radius 2 is 1.45 bits per heavy atom. The van der Waals surface area contributed by atoms with E-state index < -0.39 is 23.9 Å². The number of carbonyl (C=O) groups is 4. The molecule has 0 aliphatic heterocycles. The minimum absolute atomic E-state index is 0.112. The summed E-state index contributed by atoms with van der Waals surface area (Å²) in [6, 6.07) is 0.